The maximum atomic E-state index is 12.1. The van der Waals surface area contributed by atoms with E-state index in [1.807, 2.05) is 86.8 Å². The minimum atomic E-state index is -0.713. The molecule has 0 amide bonds. The van der Waals surface area contributed by atoms with Gasteiger partial charge in [-0.1, -0.05) is 90.5 Å². The minimum Gasteiger partial charge on any atom is -0.489 e. The third-order valence-electron chi connectivity index (χ3n) is 6.83. The van der Waals surface area contributed by atoms with Gasteiger partial charge in [0.15, 0.2) is 0 Å². The molecule has 0 fully saturated rings. The summed E-state index contributed by atoms with van der Waals surface area (Å²) in [6.45, 7) is 4.11. The molecule has 0 atom stereocenters. The number of nitrogens with zero attached hydrogens (tertiary/aromatic N) is 1. The number of hydrogen-bond donors (Lipinski definition) is 0. The molecule has 38 heavy (non-hydrogen) atoms. The molecule has 5 heteroatoms. The fourth-order valence-corrected chi connectivity index (χ4v) is 4.86. The van der Waals surface area contributed by atoms with E-state index in [1.54, 1.807) is 0 Å². The molecule has 5 rings (SSSR count). The van der Waals surface area contributed by atoms with Crippen molar-refractivity contribution in [3.8, 4) is 28.0 Å². The van der Waals surface area contributed by atoms with Crippen LogP contribution in [0.2, 0.25) is 5.02 Å². The number of pyridine rings is 1. The summed E-state index contributed by atoms with van der Waals surface area (Å²) in [5, 5.41) is 1.61. The summed E-state index contributed by atoms with van der Waals surface area (Å²) in [6, 6.07) is 32.1. The van der Waals surface area contributed by atoms with E-state index in [0.717, 1.165) is 50.0 Å². The number of aromatic nitrogens is 1. The van der Waals surface area contributed by atoms with E-state index in [2.05, 4.69) is 30.3 Å². The zero-order valence-corrected chi connectivity index (χ0v) is 22.3. The predicted molar refractivity (Wildman–Crippen MR) is 153 cm³/mol. The Hall–Kier alpha value is -4.15. The van der Waals surface area contributed by atoms with Gasteiger partial charge in [0.2, 0.25) is 0 Å². The third kappa shape index (κ3) is 5.00. The third-order valence-corrected chi connectivity index (χ3v) is 7.14. The number of benzene rings is 4. The SMILES string of the molecule is COC(=O)C(C)(C)c1ccc(COc2cccc(-c3c(-c4ccccc4)cnc4c(Cl)cccc34)c2)cc1. The Bertz CT molecular complexity index is 1590. The lowest BCUT2D eigenvalue weighted by molar-refractivity contribution is -0.146. The molecule has 0 bridgehead atoms. The summed E-state index contributed by atoms with van der Waals surface area (Å²) in [6.07, 6.45) is 1.89. The zero-order chi connectivity index (χ0) is 26.7. The normalized spacial score (nSPS) is 11.4. The smallest absolute Gasteiger partial charge is 0.315 e. The summed E-state index contributed by atoms with van der Waals surface area (Å²) in [7, 11) is 1.41. The van der Waals surface area contributed by atoms with Crippen LogP contribution in [0.15, 0.2) is 103 Å². The minimum absolute atomic E-state index is 0.266. The molecule has 0 N–H and O–H groups in total. The average molecular weight is 522 g/mol. The van der Waals surface area contributed by atoms with Crippen molar-refractivity contribution >= 4 is 28.5 Å². The van der Waals surface area contributed by atoms with Gasteiger partial charge in [-0.05, 0) is 54.3 Å². The quantitative estimate of drug-likeness (QED) is 0.202. The number of fused-ring (bicyclic) bond motifs is 1. The molecule has 0 saturated carbocycles. The Balaban J connectivity index is 1.46. The maximum Gasteiger partial charge on any atom is 0.315 e. The van der Waals surface area contributed by atoms with Crippen LogP contribution in [0.5, 0.6) is 5.75 Å². The fourth-order valence-electron chi connectivity index (χ4n) is 4.63. The maximum absolute atomic E-state index is 12.1. The second-order valence-corrected chi connectivity index (χ2v) is 10.1. The van der Waals surface area contributed by atoms with Crippen molar-refractivity contribution in [2.75, 3.05) is 7.11 Å². The van der Waals surface area contributed by atoms with Crippen LogP contribution in [0.1, 0.15) is 25.0 Å². The highest BCUT2D eigenvalue weighted by atomic mass is 35.5. The molecule has 0 unspecified atom stereocenters. The Morgan fingerprint density at radius 1 is 0.868 bits per heavy atom. The predicted octanol–water partition coefficient (Wildman–Crippen LogP) is 8.25. The molecule has 190 valence electrons. The van der Waals surface area contributed by atoms with Crippen LogP contribution in [0.4, 0.5) is 0 Å². The first-order valence-electron chi connectivity index (χ1n) is 12.4. The zero-order valence-electron chi connectivity index (χ0n) is 21.6. The van der Waals surface area contributed by atoms with Gasteiger partial charge in [-0.2, -0.15) is 0 Å². The van der Waals surface area contributed by atoms with Crippen LogP contribution in [-0.4, -0.2) is 18.1 Å². The van der Waals surface area contributed by atoms with Gasteiger partial charge in [-0.25, -0.2) is 0 Å². The van der Waals surface area contributed by atoms with E-state index >= 15 is 0 Å². The number of rotatable bonds is 7. The van der Waals surface area contributed by atoms with Crippen molar-refractivity contribution in [3.63, 3.8) is 0 Å². The molecule has 0 spiro atoms. The molecule has 0 aliphatic carbocycles. The van der Waals surface area contributed by atoms with Crippen molar-refractivity contribution in [2.24, 2.45) is 0 Å². The topological polar surface area (TPSA) is 48.4 Å². The first-order chi connectivity index (χ1) is 18.4. The van der Waals surface area contributed by atoms with Gasteiger partial charge >= 0.3 is 5.97 Å². The fraction of sp³-hybridized carbons (Fsp3) is 0.152. The van der Waals surface area contributed by atoms with E-state index < -0.39 is 5.41 Å². The number of carbonyl (C=O) groups excluding carboxylic acids is 1. The van der Waals surface area contributed by atoms with Crippen molar-refractivity contribution in [2.45, 2.75) is 25.9 Å². The van der Waals surface area contributed by atoms with Gasteiger partial charge in [0.25, 0.3) is 0 Å². The molecule has 4 nitrogen and oxygen atoms in total. The lowest BCUT2D eigenvalue weighted by Gasteiger charge is -2.22. The molecular formula is C33H28ClNO3. The van der Waals surface area contributed by atoms with Gasteiger partial charge in [0, 0.05) is 22.7 Å². The van der Waals surface area contributed by atoms with E-state index in [9.17, 15) is 4.79 Å². The van der Waals surface area contributed by atoms with E-state index in [1.165, 1.54) is 7.11 Å². The summed E-state index contributed by atoms with van der Waals surface area (Å²) in [4.78, 5) is 16.8. The van der Waals surface area contributed by atoms with Gasteiger partial charge in [-0.15, -0.1) is 0 Å². The van der Waals surface area contributed by atoms with Gasteiger partial charge in [0.05, 0.1) is 23.1 Å². The highest BCUT2D eigenvalue weighted by molar-refractivity contribution is 6.35. The lowest BCUT2D eigenvalue weighted by Crippen LogP contribution is -2.30. The Labute approximate surface area is 227 Å². The standard InChI is InChI=1S/C33H28ClNO3/c1-33(2,32(36)37-3)25-17-15-22(16-18-25)21-38-26-12-7-11-24(19-26)30-27-13-8-14-29(34)31(27)35-20-28(30)23-9-5-4-6-10-23/h4-20H,21H2,1-3H3. The monoisotopic (exact) mass is 521 g/mol. The van der Waals surface area contributed by atoms with E-state index in [-0.39, 0.29) is 5.97 Å². The van der Waals surface area contributed by atoms with E-state index in [4.69, 9.17) is 26.1 Å². The van der Waals surface area contributed by atoms with Gasteiger partial charge < -0.3 is 9.47 Å². The Morgan fingerprint density at radius 3 is 2.32 bits per heavy atom. The van der Waals surface area contributed by atoms with Crippen molar-refractivity contribution in [3.05, 3.63) is 119 Å². The summed E-state index contributed by atoms with van der Waals surface area (Å²) >= 11 is 6.52. The van der Waals surface area contributed by atoms with Crippen molar-refractivity contribution in [1.82, 2.24) is 4.98 Å². The highest BCUT2D eigenvalue weighted by Crippen LogP contribution is 2.39. The van der Waals surface area contributed by atoms with Gasteiger partial charge in [-0.3, -0.25) is 9.78 Å². The number of esters is 1. The second kappa shape index (κ2) is 10.7. The lowest BCUT2D eigenvalue weighted by atomic mass is 9.84. The Kier molecular flexibility index (Phi) is 7.17. The molecular weight excluding hydrogens is 494 g/mol. The van der Waals surface area contributed by atoms with Crippen LogP contribution in [0.3, 0.4) is 0 Å². The molecule has 1 aromatic heterocycles. The number of halogens is 1. The van der Waals surface area contributed by atoms with Crippen LogP contribution < -0.4 is 4.74 Å². The highest BCUT2D eigenvalue weighted by Gasteiger charge is 2.30. The number of ether oxygens (including phenoxy) is 2. The van der Waals surface area contributed by atoms with Crippen LogP contribution in [0.25, 0.3) is 33.2 Å². The molecule has 0 saturated heterocycles. The van der Waals surface area contributed by atoms with Crippen LogP contribution in [-0.2, 0) is 21.6 Å². The number of methoxy groups -OCH3 is 1. The summed E-state index contributed by atoms with van der Waals surface area (Å²) in [5.74, 6) is 0.491. The number of hydrogen-bond acceptors (Lipinski definition) is 4. The molecule has 1 heterocycles. The molecule has 4 aromatic carbocycles. The molecule has 0 aliphatic heterocycles. The number of para-hydroxylation sites is 1. The summed E-state index contributed by atoms with van der Waals surface area (Å²) < 4.78 is 11.1. The van der Waals surface area contributed by atoms with Crippen LogP contribution in [0, 0.1) is 0 Å². The van der Waals surface area contributed by atoms with Crippen molar-refractivity contribution < 1.29 is 14.3 Å². The molecule has 5 aromatic rings. The van der Waals surface area contributed by atoms with Crippen LogP contribution >= 0.6 is 11.6 Å². The van der Waals surface area contributed by atoms with Gasteiger partial charge in [0.1, 0.15) is 12.4 Å². The average Bonchev–Trinajstić information content (AvgIpc) is 2.96. The largest absolute Gasteiger partial charge is 0.489 e. The summed E-state index contributed by atoms with van der Waals surface area (Å²) in [5.41, 5.74) is 6.15. The molecule has 0 radical (unpaired) electrons. The second-order valence-electron chi connectivity index (χ2n) is 9.68. The number of carbonyl (C=O) groups is 1. The molecule has 0 aliphatic rings. The Morgan fingerprint density at radius 2 is 1.58 bits per heavy atom. The van der Waals surface area contributed by atoms with Crippen molar-refractivity contribution in [1.29, 1.82) is 0 Å². The van der Waals surface area contributed by atoms with E-state index in [0.29, 0.717) is 11.6 Å². The first-order valence-corrected chi connectivity index (χ1v) is 12.8. The first kappa shape index (κ1) is 25.5.